The first-order valence-electron chi connectivity index (χ1n) is 5.51. The van der Waals surface area contributed by atoms with Crippen LogP contribution in [-0.2, 0) is 11.9 Å². The fourth-order valence-corrected chi connectivity index (χ4v) is 1.89. The zero-order valence-electron chi connectivity index (χ0n) is 9.80. The van der Waals surface area contributed by atoms with Gasteiger partial charge in [0, 0.05) is 17.0 Å². The highest BCUT2D eigenvalue weighted by Gasteiger charge is 2.08. The third kappa shape index (κ3) is 3.50. The average molecular weight is 331 g/mol. The van der Waals surface area contributed by atoms with Crippen LogP contribution in [0.1, 0.15) is 11.1 Å². The number of rotatable bonds is 4. The number of hydrogen-bond acceptors (Lipinski definition) is 1. The first-order chi connectivity index (χ1) is 9.10. The summed E-state index contributed by atoms with van der Waals surface area (Å²) in [5.41, 5.74) is 0.947. The molecule has 0 bridgehead atoms. The standard InChI is InChI=1S/C14H10BrF3O/c15-7-9-1-4-14(13(18)5-9)19-8-10-2-3-11(16)6-12(10)17/h1-6H,7-8H2. The zero-order valence-corrected chi connectivity index (χ0v) is 11.4. The van der Waals surface area contributed by atoms with Crippen molar-refractivity contribution in [2.75, 3.05) is 0 Å². The van der Waals surface area contributed by atoms with Crippen molar-refractivity contribution in [3.8, 4) is 5.75 Å². The molecule has 0 aliphatic carbocycles. The third-order valence-electron chi connectivity index (χ3n) is 2.55. The van der Waals surface area contributed by atoms with Crippen molar-refractivity contribution >= 4 is 15.9 Å². The minimum Gasteiger partial charge on any atom is -0.486 e. The second kappa shape index (κ2) is 6.10. The van der Waals surface area contributed by atoms with Gasteiger partial charge in [-0.3, -0.25) is 0 Å². The largest absolute Gasteiger partial charge is 0.486 e. The molecule has 0 aromatic heterocycles. The van der Waals surface area contributed by atoms with E-state index in [4.69, 9.17) is 4.74 Å². The van der Waals surface area contributed by atoms with Crippen LogP contribution in [0.15, 0.2) is 36.4 Å². The molecule has 100 valence electrons. The Labute approximate surface area is 117 Å². The Hall–Kier alpha value is -1.49. The second-order valence-corrected chi connectivity index (χ2v) is 4.48. The number of halogens is 4. The van der Waals surface area contributed by atoms with Crippen LogP contribution in [0.3, 0.4) is 0 Å². The van der Waals surface area contributed by atoms with Gasteiger partial charge in [0.2, 0.25) is 0 Å². The molecule has 0 heterocycles. The minimum atomic E-state index is -0.711. The molecule has 0 saturated heterocycles. The first-order valence-corrected chi connectivity index (χ1v) is 6.63. The van der Waals surface area contributed by atoms with Crippen LogP contribution in [0.4, 0.5) is 13.2 Å². The highest BCUT2D eigenvalue weighted by atomic mass is 79.9. The molecule has 2 rings (SSSR count). The molecule has 5 heteroatoms. The monoisotopic (exact) mass is 330 g/mol. The predicted octanol–water partition coefficient (Wildman–Crippen LogP) is 4.58. The summed E-state index contributed by atoms with van der Waals surface area (Å²) in [6.45, 7) is -0.156. The fraction of sp³-hybridized carbons (Fsp3) is 0.143. The van der Waals surface area contributed by atoms with E-state index >= 15 is 0 Å². The van der Waals surface area contributed by atoms with Gasteiger partial charge in [0.1, 0.15) is 18.2 Å². The fourth-order valence-electron chi connectivity index (χ4n) is 1.54. The quantitative estimate of drug-likeness (QED) is 0.746. The van der Waals surface area contributed by atoms with Gasteiger partial charge in [-0.05, 0) is 29.8 Å². The van der Waals surface area contributed by atoms with Crippen molar-refractivity contribution in [2.45, 2.75) is 11.9 Å². The van der Waals surface area contributed by atoms with Crippen LogP contribution in [0, 0.1) is 17.5 Å². The van der Waals surface area contributed by atoms with Crippen LogP contribution in [0.5, 0.6) is 5.75 Å². The van der Waals surface area contributed by atoms with Crippen molar-refractivity contribution in [1.82, 2.24) is 0 Å². The normalized spacial score (nSPS) is 10.5. The Morgan fingerprint density at radius 3 is 2.37 bits per heavy atom. The third-order valence-corrected chi connectivity index (χ3v) is 3.20. The smallest absolute Gasteiger partial charge is 0.165 e. The Bertz CT molecular complexity index is 587. The maximum Gasteiger partial charge on any atom is 0.165 e. The first kappa shape index (κ1) is 13.9. The highest BCUT2D eigenvalue weighted by molar-refractivity contribution is 9.08. The van der Waals surface area contributed by atoms with E-state index in [2.05, 4.69) is 15.9 Å². The summed E-state index contributed by atoms with van der Waals surface area (Å²) < 4.78 is 44.9. The molecular formula is C14H10BrF3O. The van der Waals surface area contributed by atoms with Crippen LogP contribution >= 0.6 is 15.9 Å². The van der Waals surface area contributed by atoms with E-state index in [1.54, 1.807) is 6.07 Å². The molecule has 1 nitrogen and oxygen atoms in total. The van der Waals surface area contributed by atoms with Crippen molar-refractivity contribution in [3.05, 3.63) is 65.0 Å². The Morgan fingerprint density at radius 1 is 0.947 bits per heavy atom. The molecule has 0 N–H and O–H groups in total. The maximum absolute atomic E-state index is 13.6. The summed E-state index contributed by atoms with van der Waals surface area (Å²) in [4.78, 5) is 0. The summed E-state index contributed by atoms with van der Waals surface area (Å²) in [7, 11) is 0. The SMILES string of the molecule is Fc1ccc(COc2ccc(CBr)cc2F)c(F)c1. The Morgan fingerprint density at radius 2 is 1.74 bits per heavy atom. The Balaban J connectivity index is 2.10. The van der Waals surface area contributed by atoms with Crippen molar-refractivity contribution in [1.29, 1.82) is 0 Å². The predicted molar refractivity (Wildman–Crippen MR) is 69.7 cm³/mol. The van der Waals surface area contributed by atoms with Crippen LogP contribution in [0.25, 0.3) is 0 Å². The van der Waals surface area contributed by atoms with E-state index < -0.39 is 17.5 Å². The maximum atomic E-state index is 13.6. The average Bonchev–Trinajstić information content (AvgIpc) is 2.39. The number of alkyl halides is 1. The van der Waals surface area contributed by atoms with Gasteiger partial charge in [0.25, 0.3) is 0 Å². The molecule has 0 amide bonds. The van der Waals surface area contributed by atoms with E-state index in [-0.39, 0.29) is 17.9 Å². The number of benzene rings is 2. The molecule has 0 unspecified atom stereocenters. The Kier molecular flexibility index (Phi) is 4.47. The highest BCUT2D eigenvalue weighted by Crippen LogP contribution is 2.21. The van der Waals surface area contributed by atoms with Gasteiger partial charge >= 0.3 is 0 Å². The zero-order chi connectivity index (χ0) is 13.8. The molecule has 19 heavy (non-hydrogen) atoms. The van der Waals surface area contributed by atoms with Gasteiger partial charge in [0.05, 0.1) is 0 Å². The second-order valence-electron chi connectivity index (χ2n) is 3.92. The molecule has 0 atom stereocenters. The summed E-state index contributed by atoms with van der Waals surface area (Å²) in [6.07, 6.45) is 0. The van der Waals surface area contributed by atoms with E-state index in [1.165, 1.54) is 18.2 Å². The summed E-state index contributed by atoms with van der Waals surface area (Å²) in [5.74, 6) is -1.85. The van der Waals surface area contributed by atoms with Gasteiger partial charge < -0.3 is 4.74 Å². The van der Waals surface area contributed by atoms with Crippen molar-refractivity contribution < 1.29 is 17.9 Å². The molecule has 2 aromatic rings. The summed E-state index contributed by atoms with van der Waals surface area (Å²) in [6, 6.07) is 7.69. The van der Waals surface area contributed by atoms with Crippen LogP contribution in [-0.4, -0.2) is 0 Å². The molecular weight excluding hydrogens is 321 g/mol. The van der Waals surface area contributed by atoms with E-state index in [9.17, 15) is 13.2 Å². The van der Waals surface area contributed by atoms with Crippen LogP contribution in [0.2, 0.25) is 0 Å². The topological polar surface area (TPSA) is 9.23 Å². The summed E-state index contributed by atoms with van der Waals surface area (Å²) in [5, 5.41) is 0.538. The molecule has 0 spiro atoms. The van der Waals surface area contributed by atoms with Crippen LogP contribution < -0.4 is 4.74 Å². The van der Waals surface area contributed by atoms with Gasteiger partial charge in [-0.25, -0.2) is 13.2 Å². The van der Waals surface area contributed by atoms with E-state index in [1.807, 2.05) is 0 Å². The van der Waals surface area contributed by atoms with Gasteiger partial charge in [-0.1, -0.05) is 22.0 Å². The van der Waals surface area contributed by atoms with Gasteiger partial charge in [-0.2, -0.15) is 0 Å². The lowest BCUT2D eigenvalue weighted by molar-refractivity contribution is 0.284. The lowest BCUT2D eigenvalue weighted by Crippen LogP contribution is -2.00. The van der Waals surface area contributed by atoms with Crippen molar-refractivity contribution in [2.24, 2.45) is 0 Å². The van der Waals surface area contributed by atoms with E-state index in [0.29, 0.717) is 5.33 Å². The lowest BCUT2D eigenvalue weighted by atomic mass is 10.2. The van der Waals surface area contributed by atoms with Gasteiger partial charge in [0.15, 0.2) is 11.6 Å². The molecule has 0 fully saturated rings. The molecule has 0 saturated carbocycles. The molecule has 2 aromatic carbocycles. The number of ether oxygens (including phenoxy) is 1. The van der Waals surface area contributed by atoms with E-state index in [0.717, 1.165) is 17.7 Å². The number of hydrogen-bond donors (Lipinski definition) is 0. The lowest BCUT2D eigenvalue weighted by Gasteiger charge is -2.09. The minimum absolute atomic E-state index is 0.0356. The van der Waals surface area contributed by atoms with Crippen molar-refractivity contribution in [3.63, 3.8) is 0 Å². The molecule has 0 aliphatic heterocycles. The molecule has 0 radical (unpaired) electrons. The molecule has 0 aliphatic rings. The summed E-state index contributed by atoms with van der Waals surface area (Å²) >= 11 is 3.22. The van der Waals surface area contributed by atoms with Gasteiger partial charge in [-0.15, -0.1) is 0 Å².